The summed E-state index contributed by atoms with van der Waals surface area (Å²) in [4.78, 5) is 14.4. The predicted molar refractivity (Wildman–Crippen MR) is 46.9 cm³/mol. The number of rotatable bonds is 2. The summed E-state index contributed by atoms with van der Waals surface area (Å²) in [7, 11) is 0. The van der Waals surface area contributed by atoms with Crippen LogP contribution in [-0.2, 0) is 0 Å². The molecule has 1 amide bonds. The van der Waals surface area contributed by atoms with Crippen LogP contribution in [0, 0.1) is 6.92 Å². The van der Waals surface area contributed by atoms with Crippen molar-refractivity contribution in [3.8, 4) is 0 Å². The number of halogens is 2. The Morgan fingerprint density at radius 2 is 2.14 bits per heavy atom. The number of nitrogens with two attached hydrogens (primary N) is 2. The third-order valence-corrected chi connectivity index (χ3v) is 1.66. The Bertz CT molecular complexity index is 379. The van der Waals surface area contributed by atoms with Crippen LogP contribution in [0.5, 0.6) is 0 Å². The summed E-state index contributed by atoms with van der Waals surface area (Å²) in [6, 6.07) is 1.33. The largest absolute Gasteiger partial charge is 0.398 e. The molecule has 0 spiro atoms. The number of primary amides is 1. The van der Waals surface area contributed by atoms with Crippen molar-refractivity contribution in [3.05, 3.63) is 23.0 Å². The van der Waals surface area contributed by atoms with Crippen LogP contribution in [0.25, 0.3) is 0 Å². The number of carbonyl (C=O) groups excluding carboxylic acids is 1. The van der Waals surface area contributed by atoms with E-state index in [0.717, 1.165) is 0 Å². The second-order valence-electron chi connectivity index (χ2n) is 2.78. The molecule has 0 saturated carbocycles. The predicted octanol–water partition coefficient (Wildman–Crippen LogP) is 1.01. The molecule has 0 bridgehead atoms. The molecule has 0 fully saturated rings. The lowest BCUT2D eigenvalue weighted by Crippen LogP contribution is -2.18. The Morgan fingerprint density at radius 3 is 2.57 bits per heavy atom. The van der Waals surface area contributed by atoms with Gasteiger partial charge in [-0.1, -0.05) is 0 Å². The Kier molecular flexibility index (Phi) is 2.64. The second kappa shape index (κ2) is 3.57. The SMILES string of the molecule is Cc1cc(N)c(C(N)=O)c(C(F)F)n1. The zero-order valence-electron chi connectivity index (χ0n) is 7.42. The topological polar surface area (TPSA) is 82.0 Å². The van der Waals surface area contributed by atoms with E-state index in [1.54, 1.807) is 0 Å². The molecule has 0 aliphatic carbocycles. The number of hydrogen-bond acceptors (Lipinski definition) is 3. The Labute approximate surface area is 78.9 Å². The van der Waals surface area contributed by atoms with Crippen molar-refractivity contribution in [1.29, 1.82) is 0 Å². The molecule has 1 rings (SSSR count). The van der Waals surface area contributed by atoms with E-state index in [4.69, 9.17) is 11.5 Å². The van der Waals surface area contributed by atoms with Gasteiger partial charge >= 0.3 is 0 Å². The molecule has 4 N–H and O–H groups in total. The first-order valence-corrected chi connectivity index (χ1v) is 3.78. The molecule has 1 heterocycles. The maximum atomic E-state index is 12.4. The molecule has 1 aromatic heterocycles. The van der Waals surface area contributed by atoms with Crippen molar-refractivity contribution in [2.45, 2.75) is 13.3 Å². The van der Waals surface area contributed by atoms with Gasteiger partial charge in [-0.25, -0.2) is 8.78 Å². The van der Waals surface area contributed by atoms with Gasteiger partial charge in [0, 0.05) is 11.4 Å². The summed E-state index contributed by atoms with van der Waals surface area (Å²) in [6.07, 6.45) is -2.86. The molecule has 0 radical (unpaired) electrons. The Balaban J connectivity index is 3.44. The van der Waals surface area contributed by atoms with Crippen LogP contribution in [0.2, 0.25) is 0 Å². The maximum Gasteiger partial charge on any atom is 0.281 e. The maximum absolute atomic E-state index is 12.4. The molecule has 0 aliphatic rings. The number of amides is 1. The summed E-state index contributed by atoms with van der Waals surface area (Å²) in [6.45, 7) is 1.51. The van der Waals surface area contributed by atoms with E-state index in [2.05, 4.69) is 4.98 Å². The molecule has 0 unspecified atom stereocenters. The summed E-state index contributed by atoms with van der Waals surface area (Å²) in [5, 5.41) is 0. The van der Waals surface area contributed by atoms with E-state index in [0.29, 0.717) is 5.69 Å². The standard InChI is InChI=1S/C8H9F2N3O/c1-3-2-4(11)5(8(12)14)6(13-3)7(9)10/h2,7H,1H3,(H2,11,13)(H2,12,14). The zero-order chi connectivity index (χ0) is 10.9. The van der Waals surface area contributed by atoms with E-state index in [1.165, 1.54) is 13.0 Å². The number of pyridine rings is 1. The van der Waals surface area contributed by atoms with Crippen LogP contribution in [0.1, 0.15) is 28.2 Å². The van der Waals surface area contributed by atoms with Crippen molar-refractivity contribution >= 4 is 11.6 Å². The van der Waals surface area contributed by atoms with Crippen molar-refractivity contribution in [1.82, 2.24) is 4.98 Å². The zero-order valence-corrected chi connectivity index (χ0v) is 7.42. The number of aryl methyl sites for hydroxylation is 1. The van der Waals surface area contributed by atoms with Gasteiger partial charge in [0.2, 0.25) is 0 Å². The molecule has 0 atom stereocenters. The Morgan fingerprint density at radius 1 is 1.57 bits per heavy atom. The van der Waals surface area contributed by atoms with E-state index >= 15 is 0 Å². The molecule has 0 aromatic carbocycles. The number of hydrogen-bond donors (Lipinski definition) is 2. The second-order valence-corrected chi connectivity index (χ2v) is 2.78. The lowest BCUT2D eigenvalue weighted by Gasteiger charge is -2.08. The Hall–Kier alpha value is -1.72. The first-order chi connectivity index (χ1) is 6.43. The van der Waals surface area contributed by atoms with Crippen LogP contribution in [0.15, 0.2) is 6.07 Å². The minimum Gasteiger partial charge on any atom is -0.398 e. The highest BCUT2D eigenvalue weighted by molar-refractivity contribution is 5.99. The van der Waals surface area contributed by atoms with E-state index in [-0.39, 0.29) is 5.69 Å². The van der Waals surface area contributed by atoms with Crippen molar-refractivity contribution in [2.24, 2.45) is 5.73 Å². The van der Waals surface area contributed by atoms with Gasteiger partial charge in [-0.3, -0.25) is 9.78 Å². The highest BCUT2D eigenvalue weighted by atomic mass is 19.3. The molecule has 0 saturated heterocycles. The van der Waals surface area contributed by atoms with Gasteiger partial charge in [0.05, 0.1) is 5.56 Å². The number of anilines is 1. The quantitative estimate of drug-likeness (QED) is 0.749. The molecule has 0 aliphatic heterocycles. The minimum absolute atomic E-state index is 0.0692. The third-order valence-electron chi connectivity index (χ3n) is 1.66. The normalized spacial score (nSPS) is 10.6. The van der Waals surface area contributed by atoms with Crippen molar-refractivity contribution < 1.29 is 13.6 Å². The van der Waals surface area contributed by atoms with E-state index in [9.17, 15) is 13.6 Å². The number of carbonyl (C=O) groups is 1. The van der Waals surface area contributed by atoms with Gasteiger partial charge in [0.1, 0.15) is 5.69 Å². The molecule has 14 heavy (non-hydrogen) atoms. The van der Waals surface area contributed by atoms with Crippen LogP contribution in [-0.4, -0.2) is 10.9 Å². The van der Waals surface area contributed by atoms with Gasteiger partial charge in [-0.2, -0.15) is 0 Å². The van der Waals surface area contributed by atoms with Crippen molar-refractivity contribution in [3.63, 3.8) is 0 Å². The highest BCUT2D eigenvalue weighted by Gasteiger charge is 2.21. The van der Waals surface area contributed by atoms with E-state index < -0.39 is 23.6 Å². The number of aromatic nitrogens is 1. The van der Waals surface area contributed by atoms with Crippen LogP contribution < -0.4 is 11.5 Å². The van der Waals surface area contributed by atoms with E-state index in [1.807, 2.05) is 0 Å². The van der Waals surface area contributed by atoms with Gasteiger partial charge in [0.15, 0.2) is 0 Å². The third kappa shape index (κ3) is 1.78. The fourth-order valence-corrected chi connectivity index (χ4v) is 1.15. The molecular weight excluding hydrogens is 192 g/mol. The number of nitrogen functional groups attached to an aromatic ring is 1. The highest BCUT2D eigenvalue weighted by Crippen LogP contribution is 2.25. The average molecular weight is 201 g/mol. The summed E-state index contributed by atoms with van der Waals surface area (Å²) < 4.78 is 24.8. The number of nitrogens with zero attached hydrogens (tertiary/aromatic N) is 1. The monoisotopic (exact) mass is 201 g/mol. The minimum atomic E-state index is -2.86. The average Bonchev–Trinajstić information content (AvgIpc) is 2.01. The first-order valence-electron chi connectivity index (χ1n) is 3.78. The summed E-state index contributed by atoms with van der Waals surface area (Å²) >= 11 is 0. The van der Waals surface area contributed by atoms with Crippen molar-refractivity contribution in [2.75, 3.05) is 5.73 Å². The number of alkyl halides is 2. The molecule has 4 nitrogen and oxygen atoms in total. The smallest absolute Gasteiger partial charge is 0.281 e. The molecular formula is C8H9F2N3O. The van der Waals surface area contributed by atoms with Crippen LogP contribution >= 0.6 is 0 Å². The van der Waals surface area contributed by atoms with Gasteiger partial charge in [-0.05, 0) is 13.0 Å². The molecule has 6 heteroatoms. The molecule has 76 valence electrons. The lowest BCUT2D eigenvalue weighted by molar-refractivity contribution is 0.0984. The fourth-order valence-electron chi connectivity index (χ4n) is 1.15. The first kappa shape index (κ1) is 10.4. The van der Waals surface area contributed by atoms with Gasteiger partial charge in [-0.15, -0.1) is 0 Å². The fraction of sp³-hybridized carbons (Fsp3) is 0.250. The molecule has 1 aromatic rings. The lowest BCUT2D eigenvalue weighted by atomic mass is 10.1. The van der Waals surface area contributed by atoms with Crippen LogP contribution in [0.4, 0.5) is 14.5 Å². The summed E-state index contributed by atoms with van der Waals surface area (Å²) in [5.41, 5.74) is 9.50. The van der Waals surface area contributed by atoms with Gasteiger partial charge < -0.3 is 11.5 Å². The summed E-state index contributed by atoms with van der Waals surface area (Å²) in [5.74, 6) is -0.995. The van der Waals surface area contributed by atoms with Crippen LogP contribution in [0.3, 0.4) is 0 Å². The van der Waals surface area contributed by atoms with Gasteiger partial charge in [0.25, 0.3) is 12.3 Å².